The van der Waals surface area contributed by atoms with Crippen molar-refractivity contribution >= 4 is 5.97 Å². The highest BCUT2D eigenvalue weighted by Gasteiger charge is 2.57. The van der Waals surface area contributed by atoms with Crippen molar-refractivity contribution in [2.45, 2.75) is 38.2 Å². The Morgan fingerprint density at radius 2 is 2.13 bits per heavy atom. The fourth-order valence-corrected chi connectivity index (χ4v) is 1.66. The van der Waals surface area contributed by atoms with Crippen molar-refractivity contribution in [1.82, 2.24) is 4.98 Å². The first-order valence-electron chi connectivity index (χ1n) is 4.83. The van der Waals surface area contributed by atoms with Crippen LogP contribution in [-0.4, -0.2) is 27.3 Å². The zero-order valence-electron chi connectivity index (χ0n) is 8.65. The lowest BCUT2D eigenvalue weighted by Crippen LogP contribution is -2.34. The second kappa shape index (κ2) is 3.06. The van der Waals surface area contributed by atoms with Crippen molar-refractivity contribution in [3.63, 3.8) is 0 Å². The van der Waals surface area contributed by atoms with Crippen LogP contribution >= 0.6 is 0 Å². The van der Waals surface area contributed by atoms with Gasteiger partial charge in [0.15, 0.2) is 6.10 Å². The number of aliphatic carboxylic acids is 1. The molecule has 1 aromatic rings. The Hall–Kier alpha value is -1.36. The van der Waals surface area contributed by atoms with E-state index >= 15 is 0 Å². The molecule has 1 aromatic heterocycles. The number of aliphatic hydroxyl groups is 1. The maximum atomic E-state index is 10.7. The molecule has 0 spiro atoms. The summed E-state index contributed by atoms with van der Waals surface area (Å²) in [6.45, 7) is 3.57. The van der Waals surface area contributed by atoms with Crippen LogP contribution in [0.25, 0.3) is 0 Å². The summed E-state index contributed by atoms with van der Waals surface area (Å²) in [5.74, 6) is -0.192. The third kappa shape index (κ3) is 1.43. The lowest BCUT2D eigenvalue weighted by molar-refractivity contribution is -0.149. The molecule has 1 heterocycles. The van der Waals surface area contributed by atoms with Gasteiger partial charge in [0.2, 0.25) is 5.89 Å². The minimum atomic E-state index is -1.42. The Kier molecular flexibility index (Phi) is 2.08. The Labute approximate surface area is 86.7 Å². The molecule has 82 valence electrons. The van der Waals surface area contributed by atoms with Gasteiger partial charge in [-0.25, -0.2) is 9.78 Å². The molecule has 0 aromatic carbocycles. The number of rotatable bonds is 3. The van der Waals surface area contributed by atoms with Gasteiger partial charge < -0.3 is 14.6 Å². The average molecular weight is 211 g/mol. The number of oxazole rings is 1. The van der Waals surface area contributed by atoms with Crippen LogP contribution in [0, 0.1) is 13.8 Å². The van der Waals surface area contributed by atoms with E-state index in [1.165, 1.54) is 0 Å². The number of hydrogen-bond donors (Lipinski definition) is 2. The van der Waals surface area contributed by atoms with Crippen LogP contribution in [0.5, 0.6) is 0 Å². The molecule has 0 amide bonds. The van der Waals surface area contributed by atoms with Crippen molar-refractivity contribution in [2.24, 2.45) is 0 Å². The number of aryl methyl sites for hydroxylation is 2. The Morgan fingerprint density at radius 3 is 2.47 bits per heavy atom. The minimum Gasteiger partial charge on any atom is -0.479 e. The van der Waals surface area contributed by atoms with Crippen molar-refractivity contribution in [1.29, 1.82) is 0 Å². The van der Waals surface area contributed by atoms with E-state index < -0.39 is 17.5 Å². The van der Waals surface area contributed by atoms with E-state index in [0.717, 1.165) is 5.69 Å². The zero-order chi connectivity index (χ0) is 11.2. The predicted octanol–water partition coefficient (Wildman–Crippen LogP) is 0.769. The van der Waals surface area contributed by atoms with Gasteiger partial charge in [0.25, 0.3) is 0 Å². The number of aromatic nitrogens is 1. The summed E-state index contributed by atoms with van der Waals surface area (Å²) in [7, 11) is 0. The first-order valence-corrected chi connectivity index (χ1v) is 4.83. The monoisotopic (exact) mass is 211 g/mol. The van der Waals surface area contributed by atoms with Gasteiger partial charge >= 0.3 is 5.97 Å². The fourth-order valence-electron chi connectivity index (χ4n) is 1.66. The van der Waals surface area contributed by atoms with Crippen LogP contribution in [0.1, 0.15) is 30.2 Å². The Bertz CT molecular complexity index is 386. The molecule has 15 heavy (non-hydrogen) atoms. The molecule has 1 aliphatic carbocycles. The smallest absolute Gasteiger partial charge is 0.333 e. The molecular weight excluding hydrogens is 198 g/mol. The molecule has 2 rings (SSSR count). The maximum Gasteiger partial charge on any atom is 0.333 e. The molecule has 1 aliphatic rings. The number of carbonyl (C=O) groups is 1. The highest BCUT2D eigenvalue weighted by molar-refractivity contribution is 5.75. The van der Waals surface area contributed by atoms with Crippen LogP contribution in [-0.2, 0) is 10.2 Å². The average Bonchev–Trinajstić information content (AvgIpc) is 2.90. The highest BCUT2D eigenvalue weighted by Crippen LogP contribution is 2.50. The van der Waals surface area contributed by atoms with Crippen molar-refractivity contribution < 1.29 is 19.4 Å². The molecule has 5 nitrogen and oxygen atoms in total. The minimum absolute atomic E-state index is 0.354. The summed E-state index contributed by atoms with van der Waals surface area (Å²) in [6, 6.07) is 0. The first kappa shape index (κ1) is 10.2. The SMILES string of the molecule is Cc1nc(C2(C(O)C(=O)O)CC2)oc1C. The molecule has 1 fully saturated rings. The third-order valence-electron chi connectivity index (χ3n) is 3.00. The van der Waals surface area contributed by atoms with Gasteiger partial charge in [-0.2, -0.15) is 0 Å². The predicted molar refractivity (Wildman–Crippen MR) is 50.5 cm³/mol. The van der Waals surface area contributed by atoms with E-state index in [0.29, 0.717) is 24.5 Å². The fraction of sp³-hybridized carbons (Fsp3) is 0.600. The van der Waals surface area contributed by atoms with Crippen LogP contribution in [0.3, 0.4) is 0 Å². The Morgan fingerprint density at radius 1 is 1.53 bits per heavy atom. The lowest BCUT2D eigenvalue weighted by Gasteiger charge is -2.14. The van der Waals surface area contributed by atoms with Gasteiger partial charge in [-0.3, -0.25) is 0 Å². The van der Waals surface area contributed by atoms with Gasteiger partial charge in [0.1, 0.15) is 5.76 Å². The highest BCUT2D eigenvalue weighted by atomic mass is 16.4. The number of nitrogens with zero attached hydrogens (tertiary/aromatic N) is 1. The molecule has 0 bridgehead atoms. The lowest BCUT2D eigenvalue weighted by atomic mass is 9.99. The van der Waals surface area contributed by atoms with E-state index in [1.54, 1.807) is 13.8 Å². The standard InChI is InChI=1S/C10H13NO4/c1-5-6(2)15-9(11-5)10(3-4-10)7(12)8(13)14/h7,12H,3-4H2,1-2H3,(H,13,14). The van der Waals surface area contributed by atoms with Gasteiger partial charge in [0.05, 0.1) is 11.1 Å². The quantitative estimate of drug-likeness (QED) is 0.771. The number of hydrogen-bond acceptors (Lipinski definition) is 4. The Balaban J connectivity index is 2.34. The number of aliphatic hydroxyl groups excluding tert-OH is 1. The van der Waals surface area contributed by atoms with Crippen LogP contribution in [0.15, 0.2) is 4.42 Å². The second-order valence-corrected chi connectivity index (χ2v) is 4.06. The summed E-state index contributed by atoms with van der Waals surface area (Å²) >= 11 is 0. The van der Waals surface area contributed by atoms with Gasteiger partial charge in [-0.1, -0.05) is 0 Å². The molecule has 0 saturated heterocycles. The van der Waals surface area contributed by atoms with Gasteiger partial charge in [0, 0.05) is 0 Å². The van der Waals surface area contributed by atoms with E-state index in [9.17, 15) is 9.90 Å². The van der Waals surface area contributed by atoms with Crippen LogP contribution < -0.4 is 0 Å². The molecule has 0 aliphatic heterocycles. The number of carboxylic acid groups (broad SMARTS) is 1. The van der Waals surface area contributed by atoms with Crippen LogP contribution in [0.4, 0.5) is 0 Å². The van der Waals surface area contributed by atoms with Gasteiger partial charge in [-0.15, -0.1) is 0 Å². The van der Waals surface area contributed by atoms with E-state index in [1.807, 2.05) is 0 Å². The first-order chi connectivity index (χ1) is 6.97. The summed E-state index contributed by atoms with van der Waals surface area (Å²) < 4.78 is 5.38. The second-order valence-electron chi connectivity index (χ2n) is 4.06. The summed E-state index contributed by atoms with van der Waals surface area (Å²) in [5.41, 5.74) is -0.0425. The summed E-state index contributed by atoms with van der Waals surface area (Å²) in [4.78, 5) is 14.9. The molecule has 2 N–H and O–H groups in total. The maximum absolute atomic E-state index is 10.7. The molecular formula is C10H13NO4. The molecule has 0 radical (unpaired) electrons. The normalized spacial score (nSPS) is 19.9. The van der Waals surface area contributed by atoms with Gasteiger partial charge in [-0.05, 0) is 26.7 Å². The van der Waals surface area contributed by atoms with Crippen molar-refractivity contribution in [3.8, 4) is 0 Å². The molecule has 1 unspecified atom stereocenters. The summed E-state index contributed by atoms with van der Waals surface area (Å²) in [5, 5.41) is 18.3. The summed E-state index contributed by atoms with van der Waals surface area (Å²) in [6.07, 6.45) is -0.199. The molecule has 1 atom stereocenters. The van der Waals surface area contributed by atoms with Crippen molar-refractivity contribution in [2.75, 3.05) is 0 Å². The number of carboxylic acids is 1. The third-order valence-corrected chi connectivity index (χ3v) is 3.00. The topological polar surface area (TPSA) is 83.6 Å². The van der Waals surface area contributed by atoms with E-state index in [-0.39, 0.29) is 0 Å². The molecule has 5 heteroatoms. The largest absolute Gasteiger partial charge is 0.479 e. The van der Waals surface area contributed by atoms with E-state index in [2.05, 4.69) is 4.98 Å². The van der Waals surface area contributed by atoms with E-state index in [4.69, 9.17) is 9.52 Å². The van der Waals surface area contributed by atoms with Crippen LogP contribution in [0.2, 0.25) is 0 Å². The zero-order valence-corrected chi connectivity index (χ0v) is 8.65. The molecule has 1 saturated carbocycles. The van der Waals surface area contributed by atoms with Crippen molar-refractivity contribution in [3.05, 3.63) is 17.3 Å².